The van der Waals surface area contributed by atoms with Crippen molar-refractivity contribution in [2.75, 3.05) is 12.3 Å². The van der Waals surface area contributed by atoms with Crippen molar-refractivity contribution in [2.45, 2.75) is 38.1 Å². The second kappa shape index (κ2) is 12.0. The fourth-order valence-electron chi connectivity index (χ4n) is 2.99. The van der Waals surface area contributed by atoms with Gasteiger partial charge in [-0.1, -0.05) is 67.2 Å². The Kier molecular flexibility index (Phi) is 8.72. The van der Waals surface area contributed by atoms with Crippen LogP contribution in [0.15, 0.2) is 72.4 Å². The summed E-state index contributed by atoms with van der Waals surface area (Å²) in [5, 5.41) is 12.1. The number of carbonyl (C=O) groups is 1. The van der Waals surface area contributed by atoms with E-state index >= 15 is 0 Å². The molecule has 1 heterocycles. The van der Waals surface area contributed by atoms with Gasteiger partial charge in [0.05, 0.1) is 5.75 Å². The molecule has 7 heteroatoms. The topological polar surface area (TPSA) is 69.0 Å². The summed E-state index contributed by atoms with van der Waals surface area (Å²) in [5.74, 6) is 1.75. The second-order valence-corrected chi connectivity index (χ2v) is 7.90. The largest absolute Gasteiger partial charge is 0.486 e. The SMILES string of the molecule is C=CCn1c(COc2ccc(CC)cc2)nnc1SCC(=O)NCCc1ccccc1. The van der Waals surface area contributed by atoms with Crippen LogP contribution in [0.5, 0.6) is 5.75 Å². The summed E-state index contributed by atoms with van der Waals surface area (Å²) in [6.07, 6.45) is 3.59. The van der Waals surface area contributed by atoms with Gasteiger partial charge in [0.15, 0.2) is 11.0 Å². The lowest BCUT2D eigenvalue weighted by Crippen LogP contribution is -2.27. The number of ether oxygens (including phenoxy) is 1. The molecule has 0 aliphatic carbocycles. The van der Waals surface area contributed by atoms with Crippen LogP contribution >= 0.6 is 11.8 Å². The highest BCUT2D eigenvalue weighted by Gasteiger charge is 2.14. The van der Waals surface area contributed by atoms with Gasteiger partial charge < -0.3 is 10.1 Å². The summed E-state index contributed by atoms with van der Waals surface area (Å²) in [7, 11) is 0. The Hall–Kier alpha value is -3.06. The van der Waals surface area contributed by atoms with E-state index < -0.39 is 0 Å². The maximum atomic E-state index is 12.2. The van der Waals surface area contributed by atoms with E-state index in [-0.39, 0.29) is 11.7 Å². The molecular weight excluding hydrogens is 408 g/mol. The van der Waals surface area contributed by atoms with E-state index in [4.69, 9.17) is 4.74 Å². The Bertz CT molecular complexity index is 971. The van der Waals surface area contributed by atoms with Crippen LogP contribution in [0.2, 0.25) is 0 Å². The van der Waals surface area contributed by atoms with Gasteiger partial charge >= 0.3 is 0 Å². The lowest BCUT2D eigenvalue weighted by atomic mass is 10.1. The number of nitrogens with one attached hydrogen (secondary N) is 1. The molecule has 0 unspecified atom stereocenters. The molecule has 0 saturated carbocycles. The lowest BCUT2D eigenvalue weighted by molar-refractivity contribution is -0.118. The van der Waals surface area contributed by atoms with Crippen LogP contribution in [0.4, 0.5) is 0 Å². The van der Waals surface area contributed by atoms with Crippen molar-refractivity contribution in [1.82, 2.24) is 20.1 Å². The third kappa shape index (κ3) is 7.00. The van der Waals surface area contributed by atoms with Gasteiger partial charge in [-0.3, -0.25) is 9.36 Å². The van der Waals surface area contributed by atoms with Crippen LogP contribution in [0.1, 0.15) is 23.9 Å². The standard InChI is InChI=1S/C24H28N4O2S/c1-3-16-28-22(17-30-21-12-10-19(4-2)11-13-21)26-27-24(28)31-18-23(29)25-15-14-20-8-6-5-7-9-20/h3,5-13H,1,4,14-18H2,2H3,(H,25,29). The molecule has 1 aromatic heterocycles. The van der Waals surface area contributed by atoms with Crippen molar-refractivity contribution in [2.24, 2.45) is 0 Å². The first-order valence-corrected chi connectivity index (χ1v) is 11.4. The molecule has 31 heavy (non-hydrogen) atoms. The molecule has 0 saturated heterocycles. The van der Waals surface area contributed by atoms with Gasteiger partial charge in [-0.25, -0.2) is 0 Å². The highest BCUT2D eigenvalue weighted by atomic mass is 32.2. The van der Waals surface area contributed by atoms with Gasteiger partial charge in [0, 0.05) is 13.1 Å². The zero-order valence-corrected chi connectivity index (χ0v) is 18.6. The van der Waals surface area contributed by atoms with Gasteiger partial charge in [-0.05, 0) is 36.1 Å². The lowest BCUT2D eigenvalue weighted by Gasteiger charge is -2.10. The van der Waals surface area contributed by atoms with Crippen LogP contribution in [0, 0.1) is 0 Å². The van der Waals surface area contributed by atoms with E-state index in [0.29, 0.717) is 30.7 Å². The number of rotatable bonds is 12. The van der Waals surface area contributed by atoms with Gasteiger partial charge in [-0.15, -0.1) is 16.8 Å². The van der Waals surface area contributed by atoms with Crippen molar-refractivity contribution in [3.63, 3.8) is 0 Å². The number of hydrogen-bond acceptors (Lipinski definition) is 5. The highest BCUT2D eigenvalue weighted by Crippen LogP contribution is 2.19. The fraction of sp³-hybridized carbons (Fsp3) is 0.292. The summed E-state index contributed by atoms with van der Waals surface area (Å²) in [5.41, 5.74) is 2.47. The molecule has 0 aliphatic heterocycles. The first kappa shape index (κ1) is 22.6. The first-order chi connectivity index (χ1) is 15.2. The van der Waals surface area contributed by atoms with Crippen LogP contribution in [0.3, 0.4) is 0 Å². The molecule has 0 aliphatic rings. The number of hydrogen-bond donors (Lipinski definition) is 1. The molecular formula is C24H28N4O2S. The highest BCUT2D eigenvalue weighted by molar-refractivity contribution is 7.99. The Morgan fingerprint density at radius 2 is 1.90 bits per heavy atom. The number of carbonyl (C=O) groups excluding carboxylic acids is 1. The summed E-state index contributed by atoms with van der Waals surface area (Å²) in [6, 6.07) is 18.1. The average molecular weight is 437 g/mol. The third-order valence-corrected chi connectivity index (χ3v) is 5.68. The smallest absolute Gasteiger partial charge is 0.230 e. The van der Waals surface area contributed by atoms with Crippen molar-refractivity contribution in [3.05, 3.63) is 84.2 Å². The zero-order valence-electron chi connectivity index (χ0n) is 17.8. The number of thioether (sulfide) groups is 1. The molecule has 162 valence electrons. The van der Waals surface area contributed by atoms with E-state index in [0.717, 1.165) is 18.6 Å². The number of nitrogens with zero attached hydrogens (tertiary/aromatic N) is 3. The molecule has 0 atom stereocenters. The van der Waals surface area contributed by atoms with E-state index in [1.54, 1.807) is 6.08 Å². The Balaban J connectivity index is 1.50. The molecule has 6 nitrogen and oxygen atoms in total. The summed E-state index contributed by atoms with van der Waals surface area (Å²) in [6.45, 7) is 7.40. The summed E-state index contributed by atoms with van der Waals surface area (Å²) in [4.78, 5) is 12.2. The molecule has 2 aromatic carbocycles. The van der Waals surface area contributed by atoms with Crippen LogP contribution in [-0.4, -0.2) is 33.0 Å². The quantitative estimate of drug-likeness (QED) is 0.343. The fourth-order valence-corrected chi connectivity index (χ4v) is 3.78. The number of aromatic nitrogens is 3. The predicted octanol–water partition coefficient (Wildman–Crippen LogP) is 4.06. The minimum Gasteiger partial charge on any atom is -0.486 e. The molecule has 0 spiro atoms. The second-order valence-electron chi connectivity index (χ2n) is 6.96. The van der Waals surface area contributed by atoms with Gasteiger partial charge in [-0.2, -0.15) is 0 Å². The number of amides is 1. The molecule has 1 amide bonds. The minimum atomic E-state index is -0.0251. The van der Waals surface area contributed by atoms with Crippen molar-refractivity contribution >= 4 is 17.7 Å². The van der Waals surface area contributed by atoms with E-state index in [1.807, 2.05) is 34.9 Å². The Morgan fingerprint density at radius 1 is 1.13 bits per heavy atom. The van der Waals surface area contributed by atoms with E-state index in [9.17, 15) is 4.79 Å². The Labute approximate surface area is 187 Å². The summed E-state index contributed by atoms with van der Waals surface area (Å²) >= 11 is 1.36. The predicted molar refractivity (Wildman–Crippen MR) is 124 cm³/mol. The van der Waals surface area contributed by atoms with Crippen molar-refractivity contribution < 1.29 is 9.53 Å². The maximum Gasteiger partial charge on any atom is 0.230 e. The van der Waals surface area contributed by atoms with Gasteiger partial charge in [0.25, 0.3) is 0 Å². The monoisotopic (exact) mass is 436 g/mol. The molecule has 0 fully saturated rings. The van der Waals surface area contributed by atoms with Crippen LogP contribution < -0.4 is 10.1 Å². The van der Waals surface area contributed by atoms with Crippen molar-refractivity contribution in [1.29, 1.82) is 0 Å². The van der Waals surface area contributed by atoms with Gasteiger partial charge in [0.1, 0.15) is 12.4 Å². The normalized spacial score (nSPS) is 10.6. The van der Waals surface area contributed by atoms with E-state index in [1.165, 1.54) is 22.9 Å². The van der Waals surface area contributed by atoms with E-state index in [2.05, 4.69) is 53.3 Å². The summed E-state index contributed by atoms with van der Waals surface area (Å²) < 4.78 is 7.79. The first-order valence-electron chi connectivity index (χ1n) is 10.4. The number of allylic oxidation sites excluding steroid dienone is 1. The van der Waals surface area contributed by atoms with Crippen LogP contribution in [-0.2, 0) is 30.8 Å². The maximum absolute atomic E-state index is 12.2. The van der Waals surface area contributed by atoms with Gasteiger partial charge in [0.2, 0.25) is 5.91 Å². The molecule has 0 radical (unpaired) electrons. The molecule has 1 N–H and O–H groups in total. The number of benzene rings is 2. The molecule has 0 bridgehead atoms. The van der Waals surface area contributed by atoms with Crippen LogP contribution in [0.25, 0.3) is 0 Å². The minimum absolute atomic E-state index is 0.0251. The third-order valence-electron chi connectivity index (χ3n) is 4.72. The Morgan fingerprint density at radius 3 is 2.61 bits per heavy atom. The van der Waals surface area contributed by atoms with Crippen molar-refractivity contribution in [3.8, 4) is 5.75 Å². The zero-order chi connectivity index (χ0) is 21.9. The molecule has 3 aromatic rings. The average Bonchev–Trinajstić information content (AvgIpc) is 3.19. The number of aryl methyl sites for hydroxylation is 1. The molecule has 3 rings (SSSR count).